The normalized spacial score (nSPS) is 15.9. The molecule has 1 aromatic carbocycles. The number of aromatic nitrogens is 3. The Labute approximate surface area is 151 Å². The summed E-state index contributed by atoms with van der Waals surface area (Å²) in [7, 11) is 0. The number of benzene rings is 1. The second-order valence-corrected chi connectivity index (χ2v) is 6.89. The molecule has 0 N–H and O–H groups in total. The van der Waals surface area contributed by atoms with Crippen molar-refractivity contribution in [2.45, 2.75) is 32.2 Å². The van der Waals surface area contributed by atoms with Crippen molar-refractivity contribution in [3.8, 4) is 0 Å². The Kier molecular flexibility index (Phi) is 4.34. The molecule has 25 heavy (non-hydrogen) atoms. The number of rotatable bonds is 3. The lowest BCUT2D eigenvalue weighted by Gasteiger charge is -2.33. The molecule has 0 bridgehead atoms. The lowest BCUT2D eigenvalue weighted by Crippen LogP contribution is -2.33. The summed E-state index contributed by atoms with van der Waals surface area (Å²) in [5.41, 5.74) is 2.25. The molecule has 0 radical (unpaired) electrons. The Morgan fingerprint density at radius 3 is 2.76 bits per heavy atom. The first-order valence-corrected chi connectivity index (χ1v) is 9.05. The van der Waals surface area contributed by atoms with Gasteiger partial charge in [0, 0.05) is 37.4 Å². The molecule has 1 fully saturated rings. The molecule has 130 valence electrons. The van der Waals surface area contributed by atoms with Crippen molar-refractivity contribution in [1.82, 2.24) is 14.8 Å². The molecule has 3 aromatic rings. The fraction of sp³-hybridized carbons (Fsp3) is 0.368. The average Bonchev–Trinajstić information content (AvgIpc) is 3.12. The molecular formula is C19H20ClFN4. The van der Waals surface area contributed by atoms with Crippen molar-refractivity contribution in [3.05, 3.63) is 53.2 Å². The molecule has 0 unspecified atom stereocenters. The predicted molar refractivity (Wildman–Crippen MR) is 98.8 cm³/mol. The van der Waals surface area contributed by atoms with E-state index in [1.165, 1.54) is 5.56 Å². The van der Waals surface area contributed by atoms with Crippen molar-refractivity contribution in [3.63, 3.8) is 0 Å². The number of aryl methyl sites for hydroxylation is 1. The first-order valence-electron chi connectivity index (χ1n) is 8.67. The molecule has 0 aliphatic carbocycles. The van der Waals surface area contributed by atoms with Crippen LogP contribution in [0.4, 0.5) is 10.1 Å². The molecule has 1 aliphatic rings. The second-order valence-electron chi connectivity index (χ2n) is 6.48. The Morgan fingerprint density at radius 2 is 2.04 bits per heavy atom. The topological polar surface area (TPSA) is 34.0 Å². The number of hydrogen-bond donors (Lipinski definition) is 0. The average molecular weight is 359 g/mol. The predicted octanol–water partition coefficient (Wildman–Crippen LogP) is 4.63. The van der Waals surface area contributed by atoms with E-state index >= 15 is 0 Å². The van der Waals surface area contributed by atoms with E-state index < -0.39 is 0 Å². The van der Waals surface area contributed by atoms with E-state index in [9.17, 15) is 4.39 Å². The summed E-state index contributed by atoms with van der Waals surface area (Å²) >= 11 is 6.14. The van der Waals surface area contributed by atoms with Crippen LogP contribution in [0.15, 0.2) is 36.8 Å². The van der Waals surface area contributed by atoms with E-state index in [0.29, 0.717) is 27.5 Å². The maximum atomic E-state index is 14.9. The molecule has 0 spiro atoms. The number of nitrogens with zero attached hydrogens (tertiary/aromatic N) is 4. The highest BCUT2D eigenvalue weighted by molar-refractivity contribution is 6.35. The number of anilines is 1. The van der Waals surface area contributed by atoms with Crippen LogP contribution in [0.5, 0.6) is 0 Å². The summed E-state index contributed by atoms with van der Waals surface area (Å²) in [4.78, 5) is 6.28. The van der Waals surface area contributed by atoms with Gasteiger partial charge < -0.3 is 4.90 Å². The molecule has 6 heteroatoms. The Balaban J connectivity index is 1.54. The van der Waals surface area contributed by atoms with Gasteiger partial charge in [-0.1, -0.05) is 11.6 Å². The van der Waals surface area contributed by atoms with Crippen molar-refractivity contribution < 1.29 is 4.39 Å². The summed E-state index contributed by atoms with van der Waals surface area (Å²) in [5, 5.41) is 5.56. The van der Waals surface area contributed by atoms with Gasteiger partial charge in [-0.15, -0.1) is 0 Å². The van der Waals surface area contributed by atoms with Gasteiger partial charge in [-0.25, -0.2) is 4.39 Å². The maximum absolute atomic E-state index is 14.9. The van der Waals surface area contributed by atoms with Crippen LogP contribution in [0.1, 0.15) is 31.2 Å². The molecule has 3 heterocycles. The van der Waals surface area contributed by atoms with Crippen LogP contribution in [-0.4, -0.2) is 27.9 Å². The lowest BCUT2D eigenvalue weighted by atomic mass is 9.91. The number of piperidine rings is 1. The number of hydrogen-bond acceptors (Lipinski definition) is 3. The first-order chi connectivity index (χ1) is 12.2. The zero-order chi connectivity index (χ0) is 17.4. The summed E-state index contributed by atoms with van der Waals surface area (Å²) in [6, 6.07) is 5.37. The van der Waals surface area contributed by atoms with Gasteiger partial charge in [-0.3, -0.25) is 9.67 Å². The fourth-order valence-corrected chi connectivity index (χ4v) is 3.81. The highest BCUT2D eigenvalue weighted by Crippen LogP contribution is 2.34. The van der Waals surface area contributed by atoms with Gasteiger partial charge in [0.05, 0.1) is 16.9 Å². The fourth-order valence-electron chi connectivity index (χ4n) is 3.60. The van der Waals surface area contributed by atoms with Crippen LogP contribution in [0, 0.1) is 5.82 Å². The van der Waals surface area contributed by atoms with Crippen LogP contribution >= 0.6 is 11.6 Å². The highest BCUT2D eigenvalue weighted by atomic mass is 35.5. The van der Waals surface area contributed by atoms with Crippen molar-refractivity contribution >= 4 is 28.2 Å². The molecule has 2 aromatic heterocycles. The van der Waals surface area contributed by atoms with Crippen LogP contribution in [-0.2, 0) is 6.54 Å². The molecule has 1 saturated heterocycles. The van der Waals surface area contributed by atoms with E-state index in [4.69, 9.17) is 11.6 Å². The largest absolute Gasteiger partial charge is 0.369 e. The van der Waals surface area contributed by atoms with E-state index in [1.54, 1.807) is 12.3 Å². The smallest absolute Gasteiger partial charge is 0.172 e. The molecule has 4 rings (SSSR count). The van der Waals surface area contributed by atoms with Gasteiger partial charge in [0.2, 0.25) is 0 Å². The van der Waals surface area contributed by atoms with Gasteiger partial charge in [-0.05, 0) is 49.4 Å². The van der Waals surface area contributed by atoms with E-state index in [1.807, 2.05) is 23.0 Å². The third-order valence-electron chi connectivity index (χ3n) is 5.06. The molecule has 0 amide bonds. The van der Waals surface area contributed by atoms with Crippen LogP contribution in [0.3, 0.4) is 0 Å². The standard InChI is InChI=1S/C19H20ClFN4/c1-2-25-12-14(11-23-25)13-6-9-24(10-7-13)17-4-3-15-16(20)5-8-22-19(15)18(17)21/h3-5,8,11-13H,2,6-7,9-10H2,1H3. The van der Waals surface area contributed by atoms with Gasteiger partial charge in [0.15, 0.2) is 5.82 Å². The van der Waals surface area contributed by atoms with E-state index in [2.05, 4.69) is 28.1 Å². The number of pyridine rings is 1. The minimum atomic E-state index is -0.280. The molecule has 4 nitrogen and oxygen atoms in total. The number of fused-ring (bicyclic) bond motifs is 1. The van der Waals surface area contributed by atoms with Gasteiger partial charge in [-0.2, -0.15) is 5.10 Å². The molecule has 0 atom stereocenters. The second kappa shape index (κ2) is 6.64. The molecular weight excluding hydrogens is 339 g/mol. The van der Waals surface area contributed by atoms with Crippen LogP contribution < -0.4 is 4.90 Å². The summed E-state index contributed by atoms with van der Waals surface area (Å²) < 4.78 is 16.9. The van der Waals surface area contributed by atoms with Gasteiger partial charge >= 0.3 is 0 Å². The monoisotopic (exact) mass is 358 g/mol. The third-order valence-corrected chi connectivity index (χ3v) is 5.39. The zero-order valence-corrected chi connectivity index (χ0v) is 14.9. The minimum Gasteiger partial charge on any atom is -0.369 e. The van der Waals surface area contributed by atoms with E-state index in [0.717, 1.165) is 32.5 Å². The van der Waals surface area contributed by atoms with Crippen molar-refractivity contribution in [2.75, 3.05) is 18.0 Å². The molecule has 1 aliphatic heterocycles. The third kappa shape index (κ3) is 2.97. The zero-order valence-electron chi connectivity index (χ0n) is 14.1. The SMILES string of the molecule is CCn1cc(C2CCN(c3ccc4c(Cl)ccnc4c3F)CC2)cn1. The first kappa shape index (κ1) is 16.3. The number of halogens is 2. The van der Waals surface area contributed by atoms with Crippen molar-refractivity contribution in [2.24, 2.45) is 0 Å². The minimum absolute atomic E-state index is 0.280. The molecule has 0 saturated carbocycles. The lowest BCUT2D eigenvalue weighted by molar-refractivity contribution is 0.497. The van der Waals surface area contributed by atoms with Crippen LogP contribution in [0.25, 0.3) is 10.9 Å². The summed E-state index contributed by atoms with van der Waals surface area (Å²) in [6.45, 7) is 4.62. The summed E-state index contributed by atoms with van der Waals surface area (Å²) in [6.07, 6.45) is 7.63. The maximum Gasteiger partial charge on any atom is 0.172 e. The van der Waals surface area contributed by atoms with Crippen LogP contribution in [0.2, 0.25) is 5.02 Å². The Hall–Kier alpha value is -2.14. The quantitative estimate of drug-likeness (QED) is 0.684. The van der Waals surface area contributed by atoms with Gasteiger partial charge in [0.25, 0.3) is 0 Å². The summed E-state index contributed by atoms with van der Waals surface area (Å²) in [5.74, 6) is 0.213. The Bertz CT molecular complexity index is 900. The van der Waals surface area contributed by atoms with Crippen molar-refractivity contribution in [1.29, 1.82) is 0 Å². The highest BCUT2D eigenvalue weighted by Gasteiger charge is 2.24. The van der Waals surface area contributed by atoms with Gasteiger partial charge in [0.1, 0.15) is 5.52 Å². The van der Waals surface area contributed by atoms with E-state index in [-0.39, 0.29) is 5.82 Å². The Morgan fingerprint density at radius 1 is 1.24 bits per heavy atom.